The van der Waals surface area contributed by atoms with Crippen LogP contribution in [0.2, 0.25) is 0 Å². The van der Waals surface area contributed by atoms with E-state index in [1.165, 1.54) is 105 Å². The van der Waals surface area contributed by atoms with Crippen molar-refractivity contribution in [2.75, 3.05) is 0 Å². The van der Waals surface area contributed by atoms with Crippen molar-refractivity contribution in [2.24, 2.45) is 0 Å². The second-order valence-corrected chi connectivity index (χ2v) is 16.4. The van der Waals surface area contributed by atoms with Crippen molar-refractivity contribution in [1.29, 1.82) is 0 Å². The summed E-state index contributed by atoms with van der Waals surface area (Å²) in [6, 6.07) is 85.4. The maximum Gasteiger partial charge on any atom is 0.0734 e. The molecule has 13 rings (SSSR count). The molecule has 2 aromatic heterocycles. The van der Waals surface area contributed by atoms with Gasteiger partial charge < -0.3 is 9.13 Å². The highest BCUT2D eigenvalue weighted by molar-refractivity contribution is 6.16. The van der Waals surface area contributed by atoms with Gasteiger partial charge in [0.05, 0.1) is 27.5 Å². The minimum absolute atomic E-state index is 0.558. The van der Waals surface area contributed by atoms with E-state index in [-0.39, 0.29) is 0 Å². The largest absolute Gasteiger partial charge is 0.309 e. The third-order valence-electron chi connectivity index (χ3n) is 13.4. The van der Waals surface area contributed by atoms with Gasteiger partial charge in [0.25, 0.3) is 0 Å². The van der Waals surface area contributed by atoms with Gasteiger partial charge in [-0.05, 0) is 104 Å². The number of nitrogens with zero attached hydrogens (tertiary/aromatic N) is 2. The van der Waals surface area contributed by atoms with E-state index in [0.717, 1.165) is 5.69 Å². The van der Waals surface area contributed by atoms with E-state index in [2.05, 4.69) is 240 Å². The molecule has 12 aromatic rings. The van der Waals surface area contributed by atoms with Crippen molar-refractivity contribution >= 4 is 54.4 Å². The summed E-state index contributed by atoms with van der Waals surface area (Å²) in [6.07, 6.45) is 0. The molecule has 2 heterocycles. The zero-order valence-corrected chi connectivity index (χ0v) is 33.3. The van der Waals surface area contributed by atoms with E-state index in [1.807, 2.05) is 0 Å². The molecular weight excluding hydrogens is 737 g/mol. The summed E-state index contributed by atoms with van der Waals surface area (Å²) < 4.78 is 4.95. The number of hydrogen-bond donors (Lipinski definition) is 0. The summed E-state index contributed by atoms with van der Waals surface area (Å²) in [7, 11) is 0. The minimum atomic E-state index is -0.558. The van der Waals surface area contributed by atoms with E-state index in [0.29, 0.717) is 0 Å². The SMILES string of the molecule is c1ccc(-n2c3ccccc3c3cc(-c4ccc5c(c4)c4ccc6c(c4n5-c4ccc5ccccc5c4)C(c4ccccc4)(c4ccccc4)c4ccccc4-6)ccc32)cc1. The average molecular weight is 775 g/mol. The number of para-hydroxylation sites is 2. The van der Waals surface area contributed by atoms with E-state index in [4.69, 9.17) is 0 Å². The van der Waals surface area contributed by atoms with Gasteiger partial charge in [-0.3, -0.25) is 0 Å². The van der Waals surface area contributed by atoms with Crippen LogP contribution in [0.3, 0.4) is 0 Å². The third kappa shape index (κ3) is 4.79. The first-order chi connectivity index (χ1) is 30.3. The predicted octanol–water partition coefficient (Wildman–Crippen LogP) is 15.1. The first-order valence-corrected chi connectivity index (χ1v) is 21.2. The fourth-order valence-electron chi connectivity index (χ4n) is 10.8. The van der Waals surface area contributed by atoms with E-state index in [9.17, 15) is 0 Å². The Labute approximate surface area is 353 Å². The Morgan fingerprint density at radius 3 is 1.62 bits per heavy atom. The molecule has 0 saturated heterocycles. The zero-order valence-electron chi connectivity index (χ0n) is 33.3. The molecule has 0 atom stereocenters. The summed E-state index contributed by atoms with van der Waals surface area (Å²) in [4.78, 5) is 0. The lowest BCUT2D eigenvalue weighted by Crippen LogP contribution is -2.29. The van der Waals surface area contributed by atoms with Crippen LogP contribution in [-0.4, -0.2) is 9.13 Å². The van der Waals surface area contributed by atoms with Gasteiger partial charge in [-0.2, -0.15) is 0 Å². The van der Waals surface area contributed by atoms with Gasteiger partial charge >= 0.3 is 0 Å². The number of fused-ring (bicyclic) bond motifs is 11. The first-order valence-electron chi connectivity index (χ1n) is 21.2. The molecule has 0 unspecified atom stereocenters. The van der Waals surface area contributed by atoms with Gasteiger partial charge in [0, 0.05) is 38.5 Å². The molecule has 2 heteroatoms. The van der Waals surface area contributed by atoms with Crippen LogP contribution in [0, 0.1) is 0 Å². The molecule has 61 heavy (non-hydrogen) atoms. The van der Waals surface area contributed by atoms with Crippen LogP contribution in [0.4, 0.5) is 0 Å². The molecule has 0 aliphatic heterocycles. The van der Waals surface area contributed by atoms with Gasteiger partial charge in [0.15, 0.2) is 0 Å². The molecular formula is C59H38N2. The summed E-state index contributed by atoms with van der Waals surface area (Å²) in [6.45, 7) is 0. The maximum atomic E-state index is 2.56. The summed E-state index contributed by atoms with van der Waals surface area (Å²) in [5.74, 6) is 0. The summed E-state index contributed by atoms with van der Waals surface area (Å²) >= 11 is 0. The average Bonchev–Trinajstić information content (AvgIpc) is 3.96. The van der Waals surface area contributed by atoms with Crippen molar-refractivity contribution in [3.8, 4) is 33.6 Å². The molecule has 10 aromatic carbocycles. The summed E-state index contributed by atoms with van der Waals surface area (Å²) in [5, 5.41) is 7.45. The Morgan fingerprint density at radius 1 is 0.311 bits per heavy atom. The van der Waals surface area contributed by atoms with Crippen LogP contribution in [0.1, 0.15) is 22.3 Å². The summed E-state index contributed by atoms with van der Waals surface area (Å²) in [5.41, 5.74) is 16.7. The number of hydrogen-bond acceptors (Lipinski definition) is 0. The maximum absolute atomic E-state index is 2.56. The van der Waals surface area contributed by atoms with E-state index >= 15 is 0 Å². The molecule has 0 spiro atoms. The van der Waals surface area contributed by atoms with Crippen LogP contribution in [0.25, 0.3) is 88.0 Å². The monoisotopic (exact) mass is 774 g/mol. The zero-order chi connectivity index (χ0) is 40.1. The van der Waals surface area contributed by atoms with Crippen molar-refractivity contribution in [2.45, 2.75) is 5.41 Å². The number of benzene rings is 10. The molecule has 0 saturated carbocycles. The van der Waals surface area contributed by atoms with Crippen LogP contribution in [-0.2, 0) is 5.41 Å². The second kappa shape index (κ2) is 13.0. The van der Waals surface area contributed by atoms with Crippen LogP contribution < -0.4 is 0 Å². The minimum Gasteiger partial charge on any atom is -0.309 e. The Balaban J connectivity index is 1.13. The molecule has 1 aliphatic carbocycles. The van der Waals surface area contributed by atoms with Gasteiger partial charge in [0.1, 0.15) is 0 Å². The number of aromatic nitrogens is 2. The molecule has 284 valence electrons. The van der Waals surface area contributed by atoms with Crippen LogP contribution in [0.15, 0.2) is 231 Å². The van der Waals surface area contributed by atoms with Crippen LogP contribution in [0.5, 0.6) is 0 Å². The van der Waals surface area contributed by atoms with Crippen molar-refractivity contribution < 1.29 is 0 Å². The first kappa shape index (κ1) is 34.0. The highest BCUT2D eigenvalue weighted by atomic mass is 15.0. The lowest BCUT2D eigenvalue weighted by atomic mass is 9.67. The topological polar surface area (TPSA) is 9.86 Å². The second-order valence-electron chi connectivity index (χ2n) is 16.4. The lowest BCUT2D eigenvalue weighted by molar-refractivity contribution is 0.772. The Bertz CT molecular complexity index is 3650. The molecule has 0 bridgehead atoms. The predicted molar refractivity (Wildman–Crippen MR) is 255 cm³/mol. The van der Waals surface area contributed by atoms with Gasteiger partial charge in [0.2, 0.25) is 0 Å². The molecule has 1 aliphatic rings. The lowest BCUT2D eigenvalue weighted by Gasteiger charge is -2.34. The van der Waals surface area contributed by atoms with Gasteiger partial charge in [-0.25, -0.2) is 0 Å². The third-order valence-corrected chi connectivity index (χ3v) is 13.4. The van der Waals surface area contributed by atoms with Crippen molar-refractivity contribution in [3.05, 3.63) is 253 Å². The number of rotatable bonds is 5. The smallest absolute Gasteiger partial charge is 0.0734 e. The molecule has 0 radical (unpaired) electrons. The normalized spacial score (nSPS) is 13.0. The molecule has 0 N–H and O–H groups in total. The quantitative estimate of drug-likeness (QED) is 0.165. The highest BCUT2D eigenvalue weighted by Crippen LogP contribution is 2.59. The van der Waals surface area contributed by atoms with E-state index in [1.54, 1.807) is 0 Å². The van der Waals surface area contributed by atoms with E-state index < -0.39 is 5.41 Å². The Hall–Kier alpha value is -7.94. The fraction of sp³-hybridized carbons (Fsp3) is 0.0169. The van der Waals surface area contributed by atoms with Gasteiger partial charge in [-0.1, -0.05) is 176 Å². The molecule has 0 fully saturated rings. The van der Waals surface area contributed by atoms with Crippen LogP contribution >= 0.6 is 0 Å². The Morgan fingerprint density at radius 2 is 0.885 bits per heavy atom. The fourth-order valence-corrected chi connectivity index (χ4v) is 10.8. The highest BCUT2D eigenvalue weighted by Gasteiger charge is 2.48. The standard InChI is InChI=1S/C59H38N2/c1-4-18-43(19-5-1)59(44-20-6-2-7-21-44)53-26-14-12-24-47(53)49-32-33-50-52-38-42(30-35-56(52)61(58(50)57(49)59)46-31-28-39-16-10-11-17-40(39)36-46)41-29-34-55-51(37-41)48-25-13-15-27-54(48)60(55)45-22-8-3-9-23-45/h1-38H. The molecule has 2 nitrogen and oxygen atoms in total. The van der Waals surface area contributed by atoms with Crippen molar-refractivity contribution in [3.63, 3.8) is 0 Å². The van der Waals surface area contributed by atoms with Crippen molar-refractivity contribution in [1.82, 2.24) is 9.13 Å². The van der Waals surface area contributed by atoms with Gasteiger partial charge in [-0.15, -0.1) is 0 Å². The molecule has 0 amide bonds. The Kier molecular flexibility index (Phi) is 7.26.